The second-order valence-corrected chi connectivity index (χ2v) is 13.7. The Morgan fingerprint density at radius 1 is 0.839 bits per heavy atom. The quantitative estimate of drug-likeness (QED) is 0.0733. The third kappa shape index (κ3) is 12.3. The number of aryl methyl sites for hydroxylation is 1. The zero-order chi connectivity index (χ0) is 40.8. The molecular formula is C38H50N10O8. The molecule has 4 bridgehead atoms. The number of hydrogen-bond donors (Lipinski definition) is 9. The highest BCUT2D eigenvalue weighted by atomic mass is 16.4. The lowest BCUT2D eigenvalue weighted by Gasteiger charge is -2.31. The minimum Gasteiger partial charge on any atom is -0.481 e. The molecule has 2 heterocycles. The van der Waals surface area contributed by atoms with Gasteiger partial charge in [-0.2, -0.15) is 0 Å². The van der Waals surface area contributed by atoms with E-state index < -0.39 is 72.6 Å². The number of H-pyrrole nitrogens is 1. The minimum absolute atomic E-state index is 0.0439. The summed E-state index contributed by atoms with van der Waals surface area (Å²) in [7, 11) is 1.40. The first-order chi connectivity index (χ1) is 26.7. The summed E-state index contributed by atoms with van der Waals surface area (Å²) in [6, 6.07) is 9.26. The third-order valence-corrected chi connectivity index (χ3v) is 9.49. The fourth-order valence-electron chi connectivity index (χ4n) is 6.57. The molecule has 4 rings (SSSR count). The number of aromatic amines is 1. The van der Waals surface area contributed by atoms with Crippen molar-refractivity contribution in [1.29, 1.82) is 0 Å². The van der Waals surface area contributed by atoms with Crippen LogP contribution in [0.3, 0.4) is 0 Å². The number of rotatable bonds is 9. The zero-order valence-corrected chi connectivity index (χ0v) is 31.2. The predicted octanol–water partition coefficient (Wildman–Crippen LogP) is -0.909. The molecule has 0 unspecified atom stereocenters. The average molecular weight is 775 g/mol. The number of carboxylic acid groups (broad SMARTS) is 1. The second kappa shape index (κ2) is 20.3. The van der Waals surface area contributed by atoms with Gasteiger partial charge in [0.05, 0.1) is 13.0 Å². The van der Waals surface area contributed by atoms with Gasteiger partial charge in [0, 0.05) is 50.0 Å². The number of aromatic nitrogens is 1. The lowest BCUT2D eigenvalue weighted by molar-refractivity contribution is -0.143. The smallest absolute Gasteiger partial charge is 0.305 e. The normalized spacial score (nSPS) is 20.9. The monoisotopic (exact) mass is 774 g/mol. The zero-order valence-electron chi connectivity index (χ0n) is 31.2. The molecule has 1 aliphatic heterocycles. The summed E-state index contributed by atoms with van der Waals surface area (Å²) in [6.07, 6.45) is 3.21. The summed E-state index contributed by atoms with van der Waals surface area (Å²) in [5, 5.41) is 20.5. The Morgan fingerprint density at radius 3 is 2.25 bits per heavy atom. The van der Waals surface area contributed by atoms with Crippen LogP contribution in [0.25, 0.3) is 10.9 Å². The molecule has 1 aromatic heterocycles. The summed E-state index contributed by atoms with van der Waals surface area (Å²) < 4.78 is 0. The van der Waals surface area contributed by atoms with Gasteiger partial charge in [-0.05, 0) is 48.8 Å². The van der Waals surface area contributed by atoms with Gasteiger partial charge >= 0.3 is 5.97 Å². The van der Waals surface area contributed by atoms with Crippen molar-refractivity contribution < 1.29 is 38.7 Å². The third-order valence-electron chi connectivity index (χ3n) is 9.49. The van der Waals surface area contributed by atoms with Gasteiger partial charge in [-0.15, -0.1) is 0 Å². The number of aliphatic carboxylic acids is 1. The number of hydrogen-bond acceptors (Lipinski definition) is 8. The molecule has 3 aromatic rings. The van der Waals surface area contributed by atoms with E-state index in [-0.39, 0.29) is 44.1 Å². The van der Waals surface area contributed by atoms with Crippen LogP contribution in [0, 0.1) is 0 Å². The topological polar surface area (TPSA) is 297 Å². The van der Waals surface area contributed by atoms with Crippen LogP contribution in [0.2, 0.25) is 0 Å². The summed E-state index contributed by atoms with van der Waals surface area (Å²) in [4.78, 5) is 100. The van der Waals surface area contributed by atoms with E-state index in [1.165, 1.54) is 7.05 Å². The average Bonchev–Trinajstić information content (AvgIpc) is 3.57. The van der Waals surface area contributed by atoms with Crippen LogP contribution in [-0.2, 0) is 52.8 Å². The van der Waals surface area contributed by atoms with Gasteiger partial charge in [-0.1, -0.05) is 48.5 Å². The SMILES string of the molecule is CN1C(=O)[C@H](Cc2ccccc2)NC(=O)[C@H](CC(=O)O)NC(=O)CNC(=O)[C@H](CCCN=C(N)N)NC(=O)CCCCc2cccc3c(c[nH]c23)C[C@@H]1C(N)=O. The molecule has 2 aromatic carbocycles. The molecule has 0 saturated carbocycles. The first-order valence-corrected chi connectivity index (χ1v) is 18.3. The van der Waals surface area contributed by atoms with Gasteiger partial charge in [-0.3, -0.25) is 38.6 Å². The van der Waals surface area contributed by atoms with Gasteiger partial charge in [0.2, 0.25) is 35.4 Å². The summed E-state index contributed by atoms with van der Waals surface area (Å²) in [5.41, 5.74) is 19.8. The number of nitrogens with zero attached hydrogens (tertiary/aromatic N) is 2. The highest BCUT2D eigenvalue weighted by Gasteiger charge is 2.34. The molecule has 18 nitrogen and oxygen atoms in total. The maximum atomic E-state index is 14.2. The summed E-state index contributed by atoms with van der Waals surface area (Å²) in [5.74, 6) is -6.00. The van der Waals surface area contributed by atoms with E-state index in [2.05, 4.69) is 31.2 Å². The van der Waals surface area contributed by atoms with Crippen LogP contribution in [0.15, 0.2) is 59.7 Å². The van der Waals surface area contributed by atoms with E-state index in [9.17, 15) is 38.7 Å². The van der Waals surface area contributed by atoms with Crippen molar-refractivity contribution in [1.82, 2.24) is 31.2 Å². The van der Waals surface area contributed by atoms with Crippen molar-refractivity contribution in [2.45, 2.75) is 82.0 Å². The molecule has 6 amide bonds. The van der Waals surface area contributed by atoms with Crippen molar-refractivity contribution in [2.24, 2.45) is 22.2 Å². The number of nitrogens with one attached hydrogen (secondary N) is 5. The summed E-state index contributed by atoms with van der Waals surface area (Å²) >= 11 is 0. The van der Waals surface area contributed by atoms with Crippen molar-refractivity contribution in [3.8, 4) is 0 Å². The molecule has 0 aliphatic carbocycles. The molecule has 18 heteroatoms. The maximum absolute atomic E-state index is 14.2. The van der Waals surface area contributed by atoms with Gasteiger partial charge < -0.3 is 53.5 Å². The van der Waals surface area contributed by atoms with E-state index >= 15 is 0 Å². The molecule has 0 fully saturated rings. The lowest BCUT2D eigenvalue weighted by atomic mass is 9.98. The number of guanidine groups is 1. The van der Waals surface area contributed by atoms with E-state index in [1.54, 1.807) is 36.5 Å². The number of likely N-dealkylation sites (N-methyl/N-ethyl adjacent to an activating group) is 1. The van der Waals surface area contributed by atoms with Crippen molar-refractivity contribution in [3.05, 3.63) is 71.4 Å². The van der Waals surface area contributed by atoms with Crippen molar-refractivity contribution >= 4 is 58.3 Å². The molecule has 1 aliphatic rings. The van der Waals surface area contributed by atoms with Crippen molar-refractivity contribution in [2.75, 3.05) is 20.1 Å². The number of amides is 6. The number of primary amides is 1. The van der Waals surface area contributed by atoms with E-state index in [1.807, 2.05) is 18.2 Å². The molecule has 0 spiro atoms. The van der Waals surface area contributed by atoms with E-state index in [0.717, 1.165) is 26.9 Å². The van der Waals surface area contributed by atoms with Gasteiger partial charge in [0.1, 0.15) is 24.2 Å². The fourth-order valence-corrected chi connectivity index (χ4v) is 6.57. The first-order valence-electron chi connectivity index (χ1n) is 18.3. The molecule has 0 radical (unpaired) electrons. The number of aliphatic imine (C=N–C) groups is 1. The number of carboxylic acids is 1. The Hall–Kier alpha value is -6.46. The minimum atomic E-state index is -1.67. The highest BCUT2D eigenvalue weighted by Crippen LogP contribution is 2.25. The number of nitrogens with two attached hydrogens (primary N) is 3. The predicted molar refractivity (Wildman–Crippen MR) is 206 cm³/mol. The fraction of sp³-hybridized carbons (Fsp3) is 0.421. The van der Waals surface area contributed by atoms with Crippen LogP contribution in [0.4, 0.5) is 0 Å². The van der Waals surface area contributed by atoms with E-state index in [0.29, 0.717) is 31.2 Å². The van der Waals surface area contributed by atoms with Crippen LogP contribution in [-0.4, -0.2) is 107 Å². The number of carbonyl (C=O) groups excluding carboxylic acids is 6. The number of benzene rings is 2. The van der Waals surface area contributed by atoms with Gasteiger partial charge in [0.15, 0.2) is 5.96 Å². The number of carbonyl (C=O) groups is 7. The second-order valence-electron chi connectivity index (χ2n) is 13.7. The standard InChI is InChI=1S/C38H50N10O8/c1-48-29(34(39)53)18-24-20-43-33-23(12-7-13-25(24)33)11-5-6-15-30(49)45-26(14-8-16-42-38(40)41)35(54)44-21-31(50)46-27(19-32(51)52)36(55)47-28(37(48)56)17-22-9-3-2-4-10-22/h2-4,7,9-10,12-13,20,26-29,43H,5-6,8,11,14-19,21H2,1H3,(H2,39,53)(H,44,54)(H,45,49)(H,46,50)(H,47,55)(H,51,52)(H4,40,41,42)/t26-,27-,28-,29+/m0/s1. The van der Waals surface area contributed by atoms with Crippen LogP contribution < -0.4 is 38.5 Å². The Balaban J connectivity index is 1.68. The van der Waals surface area contributed by atoms with Crippen LogP contribution in [0.1, 0.15) is 55.2 Å². The Bertz CT molecular complexity index is 1930. The molecule has 300 valence electrons. The maximum Gasteiger partial charge on any atom is 0.305 e. The molecule has 0 saturated heterocycles. The van der Waals surface area contributed by atoms with Gasteiger partial charge in [0.25, 0.3) is 0 Å². The molecule has 4 atom stereocenters. The lowest BCUT2D eigenvalue weighted by Crippen LogP contribution is -2.58. The molecule has 12 N–H and O–H groups in total. The van der Waals surface area contributed by atoms with Crippen molar-refractivity contribution in [3.63, 3.8) is 0 Å². The van der Waals surface area contributed by atoms with Crippen LogP contribution in [0.5, 0.6) is 0 Å². The van der Waals surface area contributed by atoms with E-state index in [4.69, 9.17) is 17.2 Å². The number of para-hydroxylation sites is 1. The molecular weight excluding hydrogens is 724 g/mol. The van der Waals surface area contributed by atoms with Gasteiger partial charge in [-0.25, -0.2) is 0 Å². The highest BCUT2D eigenvalue weighted by molar-refractivity contribution is 5.97. The van der Waals surface area contributed by atoms with Crippen LogP contribution >= 0.6 is 0 Å². The molecule has 56 heavy (non-hydrogen) atoms. The Labute approximate surface area is 323 Å². The summed E-state index contributed by atoms with van der Waals surface area (Å²) in [6.45, 7) is -0.476. The Morgan fingerprint density at radius 2 is 1.55 bits per heavy atom. The Kier molecular flexibility index (Phi) is 15.3. The largest absolute Gasteiger partial charge is 0.481 e. The first kappa shape index (κ1) is 42.3.